The molecule has 0 aliphatic carbocycles. The molecule has 0 aliphatic heterocycles. The number of para-hydroxylation sites is 1. The van der Waals surface area contributed by atoms with Crippen molar-refractivity contribution >= 4 is 5.91 Å². The lowest BCUT2D eigenvalue weighted by Crippen LogP contribution is -2.26. The van der Waals surface area contributed by atoms with E-state index in [-0.39, 0.29) is 11.3 Å². The second-order valence-corrected chi connectivity index (χ2v) is 4.56. The summed E-state index contributed by atoms with van der Waals surface area (Å²) in [7, 11) is 3.37. The minimum Gasteiger partial charge on any atom is -0.434 e. The number of halogens is 2. The van der Waals surface area contributed by atoms with Gasteiger partial charge in [0.2, 0.25) is 0 Å². The van der Waals surface area contributed by atoms with E-state index in [4.69, 9.17) is 0 Å². The molecule has 2 rings (SSSR count). The second kappa shape index (κ2) is 6.34. The number of ether oxygens (including phenoxy) is 1. The molecule has 1 amide bonds. The quantitative estimate of drug-likeness (QED) is 0.850. The lowest BCUT2D eigenvalue weighted by atomic mass is 10.1. The number of carbonyl (C=O) groups is 1. The number of benzene rings is 1. The standard InChI is InChI=1S/C14H15F2N3O2/c1-18(8-10-7-17-19(2)9-10)13(20)11-5-3-4-6-12(11)21-14(15)16/h3-7,9,14H,8H2,1-2H3. The first-order valence-electron chi connectivity index (χ1n) is 6.24. The van der Waals surface area contributed by atoms with Gasteiger partial charge in [-0.1, -0.05) is 12.1 Å². The molecular formula is C14H15F2N3O2. The summed E-state index contributed by atoms with van der Waals surface area (Å²) in [6, 6.07) is 5.94. The van der Waals surface area contributed by atoms with E-state index in [1.807, 2.05) is 0 Å². The molecule has 21 heavy (non-hydrogen) atoms. The van der Waals surface area contributed by atoms with Crippen molar-refractivity contribution in [3.05, 3.63) is 47.8 Å². The van der Waals surface area contributed by atoms with E-state index in [0.717, 1.165) is 5.56 Å². The van der Waals surface area contributed by atoms with Crippen molar-refractivity contribution < 1.29 is 18.3 Å². The molecule has 0 radical (unpaired) electrons. The van der Waals surface area contributed by atoms with Crippen molar-refractivity contribution in [3.63, 3.8) is 0 Å². The van der Waals surface area contributed by atoms with Gasteiger partial charge in [0.25, 0.3) is 5.91 Å². The zero-order valence-corrected chi connectivity index (χ0v) is 11.7. The Hall–Kier alpha value is -2.44. The minimum atomic E-state index is -2.97. The Balaban J connectivity index is 2.15. The van der Waals surface area contributed by atoms with Crippen LogP contribution in [0.25, 0.3) is 0 Å². The van der Waals surface area contributed by atoms with Crippen LogP contribution in [0.4, 0.5) is 8.78 Å². The van der Waals surface area contributed by atoms with Crippen molar-refractivity contribution in [3.8, 4) is 5.75 Å². The Bertz CT molecular complexity index is 628. The number of amides is 1. The molecule has 2 aromatic rings. The van der Waals surface area contributed by atoms with E-state index in [0.29, 0.717) is 6.54 Å². The van der Waals surface area contributed by atoms with Crippen LogP contribution >= 0.6 is 0 Å². The molecule has 1 aromatic carbocycles. The first kappa shape index (κ1) is 15.0. The van der Waals surface area contributed by atoms with E-state index in [9.17, 15) is 13.6 Å². The maximum Gasteiger partial charge on any atom is 0.387 e. The number of aromatic nitrogens is 2. The van der Waals surface area contributed by atoms with Crippen LogP contribution in [0.5, 0.6) is 5.75 Å². The molecule has 1 aromatic heterocycles. The monoisotopic (exact) mass is 295 g/mol. The van der Waals surface area contributed by atoms with E-state index in [2.05, 4.69) is 9.84 Å². The largest absolute Gasteiger partial charge is 0.434 e. The molecule has 5 nitrogen and oxygen atoms in total. The van der Waals surface area contributed by atoms with Gasteiger partial charge in [-0.05, 0) is 12.1 Å². The van der Waals surface area contributed by atoms with E-state index >= 15 is 0 Å². The Morgan fingerprint density at radius 1 is 1.43 bits per heavy atom. The molecule has 7 heteroatoms. The molecule has 1 heterocycles. The summed E-state index contributed by atoms with van der Waals surface area (Å²) in [6.45, 7) is -2.64. The highest BCUT2D eigenvalue weighted by Gasteiger charge is 2.19. The van der Waals surface area contributed by atoms with Gasteiger partial charge >= 0.3 is 6.61 Å². The number of carbonyl (C=O) groups excluding carboxylic acids is 1. The first-order valence-corrected chi connectivity index (χ1v) is 6.24. The molecule has 0 unspecified atom stereocenters. The third-order valence-corrected chi connectivity index (χ3v) is 2.86. The maximum atomic E-state index is 12.4. The molecule has 0 spiro atoms. The summed E-state index contributed by atoms with van der Waals surface area (Å²) in [4.78, 5) is 13.8. The Morgan fingerprint density at radius 3 is 2.76 bits per heavy atom. The van der Waals surface area contributed by atoms with Crippen molar-refractivity contribution in [2.75, 3.05) is 7.05 Å². The van der Waals surface area contributed by atoms with Gasteiger partial charge in [0.05, 0.1) is 11.8 Å². The third kappa shape index (κ3) is 3.77. The lowest BCUT2D eigenvalue weighted by molar-refractivity contribution is -0.0502. The van der Waals surface area contributed by atoms with Gasteiger partial charge in [-0.3, -0.25) is 9.48 Å². The van der Waals surface area contributed by atoms with Gasteiger partial charge in [0, 0.05) is 32.4 Å². The van der Waals surface area contributed by atoms with Gasteiger partial charge < -0.3 is 9.64 Å². The molecule has 0 saturated heterocycles. The number of aryl methyl sites for hydroxylation is 1. The molecular weight excluding hydrogens is 280 g/mol. The molecule has 112 valence electrons. The van der Waals surface area contributed by atoms with Gasteiger partial charge in [0.15, 0.2) is 0 Å². The summed E-state index contributed by atoms with van der Waals surface area (Å²) in [5, 5.41) is 4.01. The van der Waals surface area contributed by atoms with Gasteiger partial charge in [-0.2, -0.15) is 13.9 Å². The predicted octanol–water partition coefficient (Wildman–Crippen LogP) is 2.29. The van der Waals surface area contributed by atoms with Crippen molar-refractivity contribution in [2.45, 2.75) is 13.2 Å². The van der Waals surface area contributed by atoms with Crippen LogP contribution in [0.1, 0.15) is 15.9 Å². The summed E-state index contributed by atoms with van der Waals surface area (Å²) in [6.07, 6.45) is 3.43. The van der Waals surface area contributed by atoms with Crippen LogP contribution in [0.3, 0.4) is 0 Å². The fourth-order valence-corrected chi connectivity index (χ4v) is 1.95. The summed E-state index contributed by atoms with van der Waals surface area (Å²) < 4.78 is 30.7. The highest BCUT2D eigenvalue weighted by atomic mass is 19.3. The van der Waals surface area contributed by atoms with Crippen LogP contribution < -0.4 is 4.74 Å². The van der Waals surface area contributed by atoms with Crippen LogP contribution in [-0.4, -0.2) is 34.2 Å². The normalized spacial score (nSPS) is 10.7. The Kier molecular flexibility index (Phi) is 4.52. The third-order valence-electron chi connectivity index (χ3n) is 2.86. The van der Waals surface area contributed by atoms with Crippen LogP contribution in [-0.2, 0) is 13.6 Å². The zero-order valence-electron chi connectivity index (χ0n) is 11.7. The smallest absolute Gasteiger partial charge is 0.387 e. The van der Waals surface area contributed by atoms with Crippen LogP contribution in [0.2, 0.25) is 0 Å². The average molecular weight is 295 g/mol. The SMILES string of the molecule is CN(Cc1cnn(C)c1)C(=O)c1ccccc1OC(F)F. The fourth-order valence-electron chi connectivity index (χ4n) is 1.95. The fraction of sp³-hybridized carbons (Fsp3) is 0.286. The highest BCUT2D eigenvalue weighted by Crippen LogP contribution is 2.22. The predicted molar refractivity (Wildman–Crippen MR) is 72.1 cm³/mol. The van der Waals surface area contributed by atoms with Gasteiger partial charge in [-0.25, -0.2) is 0 Å². The highest BCUT2D eigenvalue weighted by molar-refractivity contribution is 5.96. The molecule has 0 N–H and O–H groups in total. The van der Waals surface area contributed by atoms with Crippen LogP contribution in [0, 0.1) is 0 Å². The minimum absolute atomic E-state index is 0.101. The summed E-state index contributed by atoms with van der Waals surface area (Å²) >= 11 is 0. The van der Waals surface area contributed by atoms with E-state index in [1.165, 1.54) is 23.1 Å². The average Bonchev–Trinajstić information content (AvgIpc) is 2.83. The Morgan fingerprint density at radius 2 is 2.14 bits per heavy atom. The van der Waals surface area contributed by atoms with E-state index in [1.54, 1.807) is 37.2 Å². The van der Waals surface area contributed by atoms with E-state index < -0.39 is 12.5 Å². The maximum absolute atomic E-state index is 12.4. The molecule has 0 fully saturated rings. The number of alkyl halides is 2. The number of rotatable bonds is 5. The molecule has 0 aliphatic rings. The lowest BCUT2D eigenvalue weighted by Gasteiger charge is -2.18. The topological polar surface area (TPSA) is 47.4 Å². The number of hydrogen-bond acceptors (Lipinski definition) is 3. The second-order valence-electron chi connectivity index (χ2n) is 4.56. The Labute approximate surface area is 120 Å². The number of hydrogen-bond donors (Lipinski definition) is 0. The van der Waals surface area contributed by atoms with Crippen molar-refractivity contribution in [1.82, 2.24) is 14.7 Å². The summed E-state index contributed by atoms with van der Waals surface area (Å²) in [5.41, 5.74) is 0.949. The number of nitrogens with zero attached hydrogens (tertiary/aromatic N) is 3. The van der Waals surface area contributed by atoms with Crippen LogP contribution in [0.15, 0.2) is 36.7 Å². The van der Waals surface area contributed by atoms with Crippen molar-refractivity contribution in [1.29, 1.82) is 0 Å². The zero-order chi connectivity index (χ0) is 15.4. The van der Waals surface area contributed by atoms with Gasteiger partial charge in [-0.15, -0.1) is 0 Å². The molecule has 0 saturated carbocycles. The first-order chi connectivity index (χ1) is 9.97. The summed E-state index contributed by atoms with van der Waals surface area (Å²) in [5.74, 6) is -0.523. The van der Waals surface area contributed by atoms with Crippen molar-refractivity contribution in [2.24, 2.45) is 7.05 Å². The molecule has 0 atom stereocenters. The van der Waals surface area contributed by atoms with Gasteiger partial charge in [0.1, 0.15) is 5.75 Å². The molecule has 0 bridgehead atoms.